The quantitative estimate of drug-likeness (QED) is 0.707. The van der Waals surface area contributed by atoms with E-state index in [2.05, 4.69) is 5.32 Å². The summed E-state index contributed by atoms with van der Waals surface area (Å²) >= 11 is 1.18. The second kappa shape index (κ2) is 7.42. The van der Waals surface area contributed by atoms with Crippen LogP contribution in [0.1, 0.15) is 19.4 Å². The molecule has 0 saturated carbocycles. The fourth-order valence-electron chi connectivity index (χ4n) is 1.49. The molecular weight excluding hydrogens is 295 g/mol. The molecule has 0 fully saturated rings. The Morgan fingerprint density at radius 3 is 2.48 bits per heavy atom. The molecule has 1 atom stereocenters. The Labute approximate surface area is 127 Å². The SMILES string of the molecule is CC(C)(SCC(=O)NCc1ccc(F)cc1)[C@@H](N)C(=O)O. The lowest BCUT2D eigenvalue weighted by atomic mass is 10.1. The van der Waals surface area contributed by atoms with E-state index in [9.17, 15) is 14.0 Å². The molecule has 0 unspecified atom stereocenters. The van der Waals surface area contributed by atoms with E-state index in [0.717, 1.165) is 5.56 Å². The first-order valence-corrected chi connectivity index (χ1v) is 7.34. The van der Waals surface area contributed by atoms with Gasteiger partial charge in [-0.3, -0.25) is 9.59 Å². The highest BCUT2D eigenvalue weighted by Gasteiger charge is 2.33. The summed E-state index contributed by atoms with van der Waals surface area (Å²) in [6, 6.07) is 4.78. The smallest absolute Gasteiger partial charge is 0.321 e. The zero-order chi connectivity index (χ0) is 16.0. The number of nitrogens with one attached hydrogen (secondary N) is 1. The molecule has 5 nitrogen and oxygen atoms in total. The average Bonchev–Trinajstić information content (AvgIpc) is 2.43. The molecule has 0 spiro atoms. The van der Waals surface area contributed by atoms with Gasteiger partial charge in [-0.2, -0.15) is 0 Å². The first-order valence-electron chi connectivity index (χ1n) is 6.36. The number of carboxylic acids is 1. The van der Waals surface area contributed by atoms with Gasteiger partial charge < -0.3 is 16.2 Å². The summed E-state index contributed by atoms with van der Waals surface area (Å²) in [5.41, 5.74) is 6.36. The third kappa shape index (κ3) is 5.73. The summed E-state index contributed by atoms with van der Waals surface area (Å²) < 4.78 is 12.0. The molecule has 1 aromatic rings. The first kappa shape index (κ1) is 17.5. The van der Waals surface area contributed by atoms with E-state index in [1.54, 1.807) is 26.0 Å². The van der Waals surface area contributed by atoms with Gasteiger partial charge in [0.15, 0.2) is 0 Å². The van der Waals surface area contributed by atoms with Gasteiger partial charge in [0.05, 0.1) is 5.75 Å². The number of nitrogens with two attached hydrogens (primary N) is 1. The van der Waals surface area contributed by atoms with Gasteiger partial charge in [0.25, 0.3) is 0 Å². The molecule has 7 heteroatoms. The number of carbonyl (C=O) groups excluding carboxylic acids is 1. The molecule has 116 valence electrons. The zero-order valence-corrected chi connectivity index (χ0v) is 12.7. The number of carbonyl (C=O) groups is 2. The number of hydrogen-bond acceptors (Lipinski definition) is 4. The molecule has 0 heterocycles. The summed E-state index contributed by atoms with van der Waals surface area (Å²) in [6.45, 7) is 3.67. The molecule has 0 aromatic heterocycles. The normalized spacial score (nSPS) is 12.8. The summed E-state index contributed by atoms with van der Waals surface area (Å²) in [7, 11) is 0. The van der Waals surface area contributed by atoms with Crippen LogP contribution in [0.25, 0.3) is 0 Å². The minimum atomic E-state index is -1.10. The summed E-state index contributed by atoms with van der Waals surface area (Å²) in [6.07, 6.45) is 0. The Hall–Kier alpha value is -1.60. The lowest BCUT2D eigenvalue weighted by Crippen LogP contribution is -2.47. The molecule has 1 amide bonds. The zero-order valence-electron chi connectivity index (χ0n) is 11.9. The molecule has 0 aliphatic heterocycles. The van der Waals surface area contributed by atoms with Crippen LogP contribution in [0.3, 0.4) is 0 Å². The van der Waals surface area contributed by atoms with Crippen molar-refractivity contribution in [3.8, 4) is 0 Å². The van der Waals surface area contributed by atoms with Crippen molar-refractivity contribution in [1.29, 1.82) is 0 Å². The molecule has 0 radical (unpaired) electrons. The topological polar surface area (TPSA) is 92.4 Å². The molecule has 0 saturated heterocycles. The fraction of sp³-hybridized carbons (Fsp3) is 0.429. The van der Waals surface area contributed by atoms with E-state index >= 15 is 0 Å². The predicted molar refractivity (Wildman–Crippen MR) is 80.4 cm³/mol. The Bertz CT molecular complexity index is 505. The summed E-state index contributed by atoms with van der Waals surface area (Å²) in [5.74, 6) is -1.55. The number of benzene rings is 1. The maximum atomic E-state index is 12.7. The monoisotopic (exact) mass is 314 g/mol. The van der Waals surface area contributed by atoms with Crippen molar-refractivity contribution in [2.75, 3.05) is 5.75 Å². The lowest BCUT2D eigenvalue weighted by Gasteiger charge is -2.27. The summed E-state index contributed by atoms with van der Waals surface area (Å²) in [5, 5.41) is 11.6. The van der Waals surface area contributed by atoms with Crippen LogP contribution in [0, 0.1) is 5.82 Å². The number of amides is 1. The van der Waals surface area contributed by atoms with Crippen molar-refractivity contribution in [2.45, 2.75) is 31.2 Å². The highest BCUT2D eigenvalue weighted by atomic mass is 32.2. The van der Waals surface area contributed by atoms with Gasteiger partial charge >= 0.3 is 5.97 Å². The predicted octanol–water partition coefficient (Wildman–Crippen LogP) is 1.37. The number of rotatable bonds is 7. The van der Waals surface area contributed by atoms with Crippen molar-refractivity contribution >= 4 is 23.6 Å². The molecule has 0 bridgehead atoms. The van der Waals surface area contributed by atoms with Gasteiger partial charge in [-0.1, -0.05) is 12.1 Å². The molecule has 1 rings (SSSR count). The molecular formula is C14H19FN2O3S. The molecule has 0 aliphatic carbocycles. The first-order chi connectivity index (χ1) is 9.72. The highest BCUT2D eigenvalue weighted by Crippen LogP contribution is 2.27. The van der Waals surface area contributed by atoms with Gasteiger partial charge in [-0.25, -0.2) is 4.39 Å². The molecule has 1 aromatic carbocycles. The molecule has 4 N–H and O–H groups in total. The van der Waals surface area contributed by atoms with Crippen molar-refractivity contribution in [1.82, 2.24) is 5.32 Å². The van der Waals surface area contributed by atoms with Crippen LogP contribution in [-0.2, 0) is 16.1 Å². The van der Waals surface area contributed by atoms with E-state index in [0.29, 0.717) is 6.54 Å². The van der Waals surface area contributed by atoms with E-state index < -0.39 is 16.8 Å². The van der Waals surface area contributed by atoms with Gasteiger partial charge in [0.1, 0.15) is 11.9 Å². The second-order valence-electron chi connectivity index (χ2n) is 5.11. The highest BCUT2D eigenvalue weighted by molar-refractivity contribution is 8.01. The van der Waals surface area contributed by atoms with E-state index in [-0.39, 0.29) is 17.5 Å². The second-order valence-corrected chi connectivity index (χ2v) is 6.74. The van der Waals surface area contributed by atoms with Crippen molar-refractivity contribution in [3.63, 3.8) is 0 Å². The van der Waals surface area contributed by atoms with Crippen molar-refractivity contribution < 1.29 is 19.1 Å². The van der Waals surface area contributed by atoms with E-state index in [4.69, 9.17) is 10.8 Å². The Balaban J connectivity index is 2.40. The van der Waals surface area contributed by atoms with E-state index in [1.807, 2.05) is 0 Å². The number of aliphatic carboxylic acids is 1. The standard InChI is InChI=1S/C14H19FN2O3S/c1-14(2,12(16)13(19)20)21-8-11(18)17-7-9-3-5-10(15)6-4-9/h3-6,12H,7-8,16H2,1-2H3,(H,17,18)(H,19,20)/t12-/m0/s1. The van der Waals surface area contributed by atoms with Crippen LogP contribution >= 0.6 is 11.8 Å². The third-order valence-corrected chi connectivity index (χ3v) is 4.40. The lowest BCUT2D eigenvalue weighted by molar-refractivity contribution is -0.139. The summed E-state index contributed by atoms with van der Waals surface area (Å²) in [4.78, 5) is 22.6. The maximum absolute atomic E-state index is 12.7. The maximum Gasteiger partial charge on any atom is 0.321 e. The van der Waals surface area contributed by atoms with Gasteiger partial charge in [-0.05, 0) is 31.5 Å². The minimum absolute atomic E-state index is 0.106. The van der Waals surface area contributed by atoms with Crippen molar-refractivity contribution in [3.05, 3.63) is 35.6 Å². The molecule has 21 heavy (non-hydrogen) atoms. The van der Waals surface area contributed by atoms with Crippen LogP contribution in [0.5, 0.6) is 0 Å². The van der Waals surface area contributed by atoms with Crippen LogP contribution < -0.4 is 11.1 Å². The Morgan fingerprint density at radius 2 is 1.95 bits per heavy atom. The molecule has 0 aliphatic rings. The van der Waals surface area contributed by atoms with Gasteiger partial charge in [0, 0.05) is 11.3 Å². The van der Waals surface area contributed by atoms with E-state index in [1.165, 1.54) is 23.9 Å². The van der Waals surface area contributed by atoms with Crippen LogP contribution in [0.15, 0.2) is 24.3 Å². The number of thioether (sulfide) groups is 1. The Morgan fingerprint density at radius 1 is 1.38 bits per heavy atom. The van der Waals surface area contributed by atoms with Crippen molar-refractivity contribution in [2.24, 2.45) is 5.73 Å². The number of halogens is 1. The van der Waals surface area contributed by atoms with Crippen LogP contribution in [0.4, 0.5) is 4.39 Å². The number of hydrogen-bond donors (Lipinski definition) is 3. The van der Waals surface area contributed by atoms with Gasteiger partial charge in [-0.15, -0.1) is 11.8 Å². The third-order valence-electron chi connectivity index (χ3n) is 2.99. The number of carboxylic acid groups (broad SMARTS) is 1. The van der Waals surface area contributed by atoms with Gasteiger partial charge in [0.2, 0.25) is 5.91 Å². The van der Waals surface area contributed by atoms with Crippen LogP contribution in [-0.4, -0.2) is 33.5 Å². The average molecular weight is 314 g/mol. The minimum Gasteiger partial charge on any atom is -0.480 e. The fourth-order valence-corrected chi connectivity index (χ4v) is 2.38. The Kier molecular flexibility index (Phi) is 6.17. The largest absolute Gasteiger partial charge is 0.480 e. The van der Waals surface area contributed by atoms with Crippen LogP contribution in [0.2, 0.25) is 0 Å².